The van der Waals surface area contributed by atoms with Crippen molar-refractivity contribution in [3.63, 3.8) is 0 Å². The third-order valence-corrected chi connectivity index (χ3v) is 3.83. The monoisotopic (exact) mass is 410 g/mol. The topological polar surface area (TPSA) is 88.1 Å². The van der Waals surface area contributed by atoms with Crippen molar-refractivity contribution < 1.29 is 33.3 Å². The number of ether oxygens (including phenoxy) is 4. The fourth-order valence-corrected chi connectivity index (χ4v) is 2.37. The highest BCUT2D eigenvalue weighted by Gasteiger charge is 2.09. The van der Waals surface area contributed by atoms with E-state index in [4.69, 9.17) is 18.9 Å². The molecule has 2 aromatic rings. The van der Waals surface area contributed by atoms with Gasteiger partial charge in [-0.1, -0.05) is 36.4 Å². The molecule has 7 nitrogen and oxygen atoms in total. The van der Waals surface area contributed by atoms with Gasteiger partial charge < -0.3 is 18.9 Å². The smallest absolute Gasteiger partial charge is 0.331 e. The molecule has 0 bridgehead atoms. The molecule has 0 aliphatic rings. The molecule has 0 N–H and O–H groups in total. The Bertz CT molecular complexity index is 869. The van der Waals surface area contributed by atoms with Crippen molar-refractivity contribution in [3.05, 3.63) is 71.8 Å². The molecular weight excluding hydrogens is 388 g/mol. The Labute approximate surface area is 174 Å². The van der Waals surface area contributed by atoms with Gasteiger partial charge in [0.15, 0.2) is 13.2 Å². The zero-order valence-corrected chi connectivity index (χ0v) is 16.7. The minimum Gasteiger partial charge on any atom is -0.496 e. The second-order valence-electron chi connectivity index (χ2n) is 5.90. The number of Topliss-reactive ketones (excluding diaryl/α,β-unsaturated/α-hetero) is 1. The first-order valence-corrected chi connectivity index (χ1v) is 9.01. The summed E-state index contributed by atoms with van der Waals surface area (Å²) in [5.74, 6) is -0.738. The van der Waals surface area contributed by atoms with E-state index in [1.807, 2.05) is 0 Å². The standard InChI is InChI=1S/C23H22O7/c1-27-20-9-5-3-7-17(20)11-13-22(25)29-15-19(24)16-30-23(26)14-12-18-8-4-6-10-21(18)28-2/h3-14H,15-16H2,1-2H3. The maximum Gasteiger partial charge on any atom is 0.331 e. The van der Waals surface area contributed by atoms with Gasteiger partial charge in [-0.05, 0) is 24.3 Å². The van der Waals surface area contributed by atoms with Crippen LogP contribution < -0.4 is 9.47 Å². The normalized spacial score (nSPS) is 10.7. The van der Waals surface area contributed by atoms with Crippen molar-refractivity contribution in [1.82, 2.24) is 0 Å². The van der Waals surface area contributed by atoms with Gasteiger partial charge in [-0.2, -0.15) is 0 Å². The van der Waals surface area contributed by atoms with E-state index in [2.05, 4.69) is 0 Å². The lowest BCUT2D eigenvalue weighted by atomic mass is 10.2. The summed E-state index contributed by atoms with van der Waals surface area (Å²) in [5.41, 5.74) is 1.39. The number of hydrogen-bond acceptors (Lipinski definition) is 7. The van der Waals surface area contributed by atoms with Crippen molar-refractivity contribution in [2.45, 2.75) is 0 Å². The van der Waals surface area contributed by atoms with Gasteiger partial charge in [0.25, 0.3) is 0 Å². The molecule has 0 aromatic heterocycles. The average Bonchev–Trinajstić information content (AvgIpc) is 2.78. The minimum absolute atomic E-state index is 0.501. The molecule has 0 aliphatic heterocycles. The largest absolute Gasteiger partial charge is 0.496 e. The zero-order chi connectivity index (χ0) is 21.8. The highest BCUT2D eigenvalue weighted by atomic mass is 16.6. The summed E-state index contributed by atoms with van der Waals surface area (Å²) < 4.78 is 20.0. The maximum absolute atomic E-state index is 11.8. The summed E-state index contributed by atoms with van der Waals surface area (Å²) in [6, 6.07) is 14.3. The van der Waals surface area contributed by atoms with E-state index in [9.17, 15) is 14.4 Å². The second kappa shape index (κ2) is 11.9. The average molecular weight is 410 g/mol. The van der Waals surface area contributed by atoms with E-state index in [0.717, 1.165) is 0 Å². The lowest BCUT2D eigenvalue weighted by molar-refractivity contribution is -0.148. The Balaban J connectivity index is 1.75. The molecule has 2 rings (SSSR count). The van der Waals surface area contributed by atoms with E-state index in [-0.39, 0.29) is 0 Å². The fourth-order valence-electron chi connectivity index (χ4n) is 2.37. The first kappa shape index (κ1) is 22.4. The van der Waals surface area contributed by atoms with Gasteiger partial charge in [0.05, 0.1) is 14.2 Å². The van der Waals surface area contributed by atoms with Crippen LogP contribution in [0.5, 0.6) is 11.5 Å². The van der Waals surface area contributed by atoms with Crippen LogP contribution in [0, 0.1) is 0 Å². The summed E-state index contributed by atoms with van der Waals surface area (Å²) in [7, 11) is 3.05. The zero-order valence-electron chi connectivity index (χ0n) is 16.7. The van der Waals surface area contributed by atoms with Crippen LogP contribution in [-0.4, -0.2) is 45.2 Å². The number of rotatable bonds is 10. The molecule has 0 aliphatic carbocycles. The number of carbonyl (C=O) groups is 3. The number of hydrogen-bond donors (Lipinski definition) is 0. The summed E-state index contributed by atoms with van der Waals surface area (Å²) in [6.07, 6.45) is 5.42. The van der Waals surface area contributed by atoms with Crippen LogP contribution in [0.1, 0.15) is 11.1 Å². The van der Waals surface area contributed by atoms with Crippen LogP contribution in [-0.2, 0) is 23.9 Å². The van der Waals surface area contributed by atoms with Crippen LogP contribution in [0.2, 0.25) is 0 Å². The highest BCUT2D eigenvalue weighted by Crippen LogP contribution is 2.19. The summed E-state index contributed by atoms with van der Waals surface area (Å²) in [5, 5.41) is 0. The molecule has 30 heavy (non-hydrogen) atoms. The predicted molar refractivity (Wildman–Crippen MR) is 111 cm³/mol. The fraction of sp³-hybridized carbons (Fsp3) is 0.174. The molecule has 7 heteroatoms. The molecular formula is C23H22O7. The van der Waals surface area contributed by atoms with Crippen molar-refractivity contribution >= 4 is 29.9 Å². The van der Waals surface area contributed by atoms with Gasteiger partial charge in [-0.15, -0.1) is 0 Å². The number of ketones is 1. The quantitative estimate of drug-likeness (QED) is 0.439. The van der Waals surface area contributed by atoms with E-state index >= 15 is 0 Å². The number of methoxy groups -OCH3 is 2. The lowest BCUT2D eigenvalue weighted by Gasteiger charge is -2.04. The Morgan fingerprint density at radius 3 is 1.50 bits per heavy atom. The van der Waals surface area contributed by atoms with Gasteiger partial charge in [0, 0.05) is 23.3 Å². The molecule has 0 radical (unpaired) electrons. The van der Waals surface area contributed by atoms with Gasteiger partial charge in [-0.3, -0.25) is 4.79 Å². The molecule has 2 aromatic carbocycles. The van der Waals surface area contributed by atoms with Gasteiger partial charge >= 0.3 is 11.9 Å². The Morgan fingerprint density at radius 1 is 0.700 bits per heavy atom. The number of para-hydroxylation sites is 2. The van der Waals surface area contributed by atoms with Crippen LogP contribution >= 0.6 is 0 Å². The molecule has 0 heterocycles. The second-order valence-corrected chi connectivity index (χ2v) is 5.90. The highest BCUT2D eigenvalue weighted by molar-refractivity contribution is 5.92. The molecule has 0 unspecified atom stereocenters. The predicted octanol–water partition coefficient (Wildman–Crippen LogP) is 3.09. The minimum atomic E-state index is -0.698. The summed E-state index contributed by atoms with van der Waals surface area (Å²) in [6.45, 7) is -1.00. The van der Waals surface area contributed by atoms with Crippen LogP contribution in [0.4, 0.5) is 0 Å². The summed E-state index contributed by atoms with van der Waals surface area (Å²) >= 11 is 0. The molecule has 0 saturated heterocycles. The van der Waals surface area contributed by atoms with Crippen molar-refractivity contribution in [1.29, 1.82) is 0 Å². The Morgan fingerprint density at radius 2 is 1.10 bits per heavy atom. The van der Waals surface area contributed by atoms with Crippen LogP contribution in [0.25, 0.3) is 12.2 Å². The van der Waals surface area contributed by atoms with Gasteiger partial charge in [-0.25, -0.2) is 9.59 Å². The van der Waals surface area contributed by atoms with E-state index < -0.39 is 30.9 Å². The Hall–Kier alpha value is -3.87. The van der Waals surface area contributed by atoms with Crippen LogP contribution in [0.15, 0.2) is 60.7 Å². The van der Waals surface area contributed by atoms with Crippen molar-refractivity contribution in [3.8, 4) is 11.5 Å². The van der Waals surface area contributed by atoms with Gasteiger partial charge in [0.2, 0.25) is 5.78 Å². The number of carbonyl (C=O) groups excluding carboxylic acids is 3. The Kier molecular flexibility index (Phi) is 8.86. The van der Waals surface area contributed by atoms with Crippen molar-refractivity contribution in [2.75, 3.05) is 27.4 Å². The van der Waals surface area contributed by atoms with E-state index in [1.54, 1.807) is 48.5 Å². The molecule has 0 spiro atoms. The molecule has 0 amide bonds. The molecule has 0 atom stereocenters. The van der Waals surface area contributed by atoms with E-state index in [1.165, 1.54) is 38.5 Å². The molecule has 0 saturated carbocycles. The van der Waals surface area contributed by atoms with Gasteiger partial charge in [0.1, 0.15) is 11.5 Å². The van der Waals surface area contributed by atoms with Crippen molar-refractivity contribution in [2.24, 2.45) is 0 Å². The third-order valence-electron chi connectivity index (χ3n) is 3.83. The lowest BCUT2D eigenvalue weighted by Crippen LogP contribution is -2.19. The van der Waals surface area contributed by atoms with Crippen LogP contribution in [0.3, 0.4) is 0 Å². The van der Waals surface area contributed by atoms with E-state index in [0.29, 0.717) is 22.6 Å². The third kappa shape index (κ3) is 7.27. The molecule has 0 fully saturated rings. The summed E-state index contributed by atoms with van der Waals surface area (Å²) in [4.78, 5) is 35.2. The number of esters is 2. The maximum atomic E-state index is 11.8. The number of benzene rings is 2. The first-order chi connectivity index (χ1) is 14.5. The first-order valence-electron chi connectivity index (χ1n) is 9.01. The SMILES string of the molecule is COc1ccccc1C=CC(=O)OCC(=O)COC(=O)C=Cc1ccccc1OC. The molecule has 156 valence electrons.